The summed E-state index contributed by atoms with van der Waals surface area (Å²) in [5, 5.41) is 6.23. The molecule has 0 unspecified atom stereocenters. The number of nitrogens with zero attached hydrogens (tertiary/aromatic N) is 2. The minimum absolute atomic E-state index is 0.0691. The quantitative estimate of drug-likeness (QED) is 0.896. The van der Waals surface area contributed by atoms with E-state index in [2.05, 4.69) is 36.5 Å². The molecule has 2 aromatic rings. The van der Waals surface area contributed by atoms with Crippen LogP contribution in [-0.4, -0.2) is 22.0 Å². The number of hydrogen-bond donors (Lipinski definition) is 2. The first-order chi connectivity index (χ1) is 8.54. The summed E-state index contributed by atoms with van der Waals surface area (Å²) >= 11 is 3.38. The molecule has 0 saturated carbocycles. The van der Waals surface area contributed by atoms with Gasteiger partial charge in [0, 0.05) is 22.1 Å². The number of carbonyl (C=O) groups excluding carboxylic acids is 1. The summed E-state index contributed by atoms with van der Waals surface area (Å²) < 4.78 is 0.936. The molecule has 2 N–H and O–H groups in total. The molecule has 0 saturated heterocycles. The van der Waals surface area contributed by atoms with Crippen molar-refractivity contribution in [2.45, 2.75) is 19.9 Å². The average molecular weight is 309 g/mol. The maximum absolute atomic E-state index is 11.5. The van der Waals surface area contributed by atoms with E-state index in [1.165, 1.54) is 0 Å². The summed E-state index contributed by atoms with van der Waals surface area (Å²) in [6.45, 7) is 3.77. The first-order valence-electron chi connectivity index (χ1n) is 5.54. The Hall–Kier alpha value is -1.69. The second-order valence-corrected chi connectivity index (χ2v) is 5.07. The molecular formula is C12H13BrN4O. The first kappa shape index (κ1) is 12.8. The zero-order chi connectivity index (χ0) is 13.1. The van der Waals surface area contributed by atoms with Crippen LogP contribution in [0, 0.1) is 0 Å². The molecule has 5 nitrogen and oxygen atoms in total. The number of halogens is 1. The van der Waals surface area contributed by atoms with Crippen molar-refractivity contribution in [3.05, 3.63) is 28.9 Å². The molecule has 6 heteroatoms. The van der Waals surface area contributed by atoms with Gasteiger partial charge in [-0.05, 0) is 26.0 Å². The highest BCUT2D eigenvalue weighted by atomic mass is 79.9. The lowest BCUT2D eigenvalue weighted by Crippen LogP contribution is -2.34. The van der Waals surface area contributed by atoms with Crippen LogP contribution in [0.25, 0.3) is 10.9 Å². The van der Waals surface area contributed by atoms with Crippen LogP contribution in [-0.2, 0) is 0 Å². The van der Waals surface area contributed by atoms with Gasteiger partial charge < -0.3 is 5.32 Å². The van der Waals surface area contributed by atoms with Crippen molar-refractivity contribution < 1.29 is 4.79 Å². The Morgan fingerprint density at radius 3 is 2.89 bits per heavy atom. The Labute approximate surface area is 113 Å². The molecule has 0 atom stereocenters. The van der Waals surface area contributed by atoms with Gasteiger partial charge in [0.15, 0.2) is 0 Å². The summed E-state index contributed by atoms with van der Waals surface area (Å²) in [6, 6.07) is 5.48. The van der Waals surface area contributed by atoms with Crippen molar-refractivity contribution >= 4 is 38.8 Å². The summed E-state index contributed by atoms with van der Waals surface area (Å²) in [7, 11) is 0. The molecule has 0 aliphatic carbocycles. The molecule has 0 spiro atoms. The van der Waals surface area contributed by atoms with Crippen LogP contribution in [0.3, 0.4) is 0 Å². The van der Waals surface area contributed by atoms with E-state index in [1.54, 1.807) is 6.20 Å². The second kappa shape index (κ2) is 5.30. The standard InChI is InChI=1S/C12H13BrN4O/c1-7(2)15-12(18)17-11-14-6-8-3-4-9(13)5-10(8)16-11/h3-7H,1-2H3,(H2,14,15,16,17,18). The minimum Gasteiger partial charge on any atom is -0.336 e. The topological polar surface area (TPSA) is 66.9 Å². The Morgan fingerprint density at radius 2 is 2.17 bits per heavy atom. The third-order valence-corrected chi connectivity index (χ3v) is 2.68. The number of amides is 2. The molecule has 2 rings (SSSR count). The van der Waals surface area contributed by atoms with Gasteiger partial charge in [0.25, 0.3) is 0 Å². The molecule has 0 radical (unpaired) electrons. The third kappa shape index (κ3) is 3.16. The number of rotatable bonds is 2. The number of benzene rings is 1. The van der Waals surface area contributed by atoms with Gasteiger partial charge >= 0.3 is 6.03 Å². The van der Waals surface area contributed by atoms with Crippen LogP contribution in [0.4, 0.5) is 10.7 Å². The molecular weight excluding hydrogens is 296 g/mol. The lowest BCUT2D eigenvalue weighted by atomic mass is 10.2. The summed E-state index contributed by atoms with van der Waals surface area (Å²) in [6.07, 6.45) is 1.68. The van der Waals surface area contributed by atoms with E-state index in [1.807, 2.05) is 32.0 Å². The number of aromatic nitrogens is 2. The van der Waals surface area contributed by atoms with Gasteiger partial charge in [-0.15, -0.1) is 0 Å². The fourth-order valence-electron chi connectivity index (χ4n) is 1.46. The molecule has 1 aromatic carbocycles. The number of anilines is 1. The monoisotopic (exact) mass is 308 g/mol. The van der Waals surface area contributed by atoms with Crippen molar-refractivity contribution in [3.8, 4) is 0 Å². The van der Waals surface area contributed by atoms with Crippen LogP contribution < -0.4 is 10.6 Å². The fourth-order valence-corrected chi connectivity index (χ4v) is 1.81. The van der Waals surface area contributed by atoms with E-state index < -0.39 is 0 Å². The highest BCUT2D eigenvalue weighted by molar-refractivity contribution is 9.10. The van der Waals surface area contributed by atoms with E-state index in [0.29, 0.717) is 5.95 Å². The molecule has 0 bridgehead atoms. The Morgan fingerprint density at radius 1 is 1.39 bits per heavy atom. The van der Waals surface area contributed by atoms with Crippen molar-refractivity contribution in [2.24, 2.45) is 0 Å². The molecule has 0 aliphatic heterocycles. The average Bonchev–Trinajstić information content (AvgIpc) is 2.27. The van der Waals surface area contributed by atoms with Gasteiger partial charge in [0.1, 0.15) is 0 Å². The predicted molar refractivity (Wildman–Crippen MR) is 74.5 cm³/mol. The first-order valence-corrected chi connectivity index (χ1v) is 6.34. The lowest BCUT2D eigenvalue weighted by molar-refractivity contribution is 0.250. The highest BCUT2D eigenvalue weighted by Crippen LogP contribution is 2.18. The molecule has 1 heterocycles. The van der Waals surface area contributed by atoms with Gasteiger partial charge in [-0.2, -0.15) is 0 Å². The lowest BCUT2D eigenvalue weighted by Gasteiger charge is -2.09. The van der Waals surface area contributed by atoms with Crippen LogP contribution >= 0.6 is 15.9 Å². The summed E-state index contributed by atoms with van der Waals surface area (Å²) in [5.41, 5.74) is 0.777. The van der Waals surface area contributed by atoms with Crippen molar-refractivity contribution in [3.63, 3.8) is 0 Å². The molecule has 0 aliphatic rings. The smallest absolute Gasteiger partial charge is 0.321 e. The molecule has 2 amide bonds. The highest BCUT2D eigenvalue weighted by Gasteiger charge is 2.06. The van der Waals surface area contributed by atoms with Gasteiger partial charge in [-0.1, -0.05) is 22.0 Å². The van der Waals surface area contributed by atoms with Crippen LogP contribution in [0.15, 0.2) is 28.9 Å². The van der Waals surface area contributed by atoms with Gasteiger partial charge in [-0.25, -0.2) is 14.8 Å². The van der Waals surface area contributed by atoms with Gasteiger partial charge in [-0.3, -0.25) is 5.32 Å². The normalized spacial score (nSPS) is 10.7. The van der Waals surface area contributed by atoms with E-state index in [-0.39, 0.29) is 12.1 Å². The Balaban J connectivity index is 2.21. The number of fused-ring (bicyclic) bond motifs is 1. The van der Waals surface area contributed by atoms with E-state index in [9.17, 15) is 4.79 Å². The summed E-state index contributed by atoms with van der Waals surface area (Å²) in [4.78, 5) is 19.9. The second-order valence-electron chi connectivity index (χ2n) is 4.15. The summed E-state index contributed by atoms with van der Waals surface area (Å²) in [5.74, 6) is 0.291. The number of carbonyl (C=O) groups is 1. The Kier molecular flexibility index (Phi) is 3.76. The Bertz CT molecular complexity index is 585. The van der Waals surface area contributed by atoms with Gasteiger partial charge in [0.2, 0.25) is 5.95 Å². The molecule has 18 heavy (non-hydrogen) atoms. The van der Waals surface area contributed by atoms with Crippen molar-refractivity contribution in [2.75, 3.05) is 5.32 Å². The minimum atomic E-state index is -0.306. The fraction of sp³-hybridized carbons (Fsp3) is 0.250. The molecule has 1 aromatic heterocycles. The van der Waals surface area contributed by atoms with E-state index >= 15 is 0 Å². The SMILES string of the molecule is CC(C)NC(=O)Nc1ncc2ccc(Br)cc2n1. The van der Waals surface area contributed by atoms with E-state index in [4.69, 9.17) is 0 Å². The molecule has 94 valence electrons. The largest absolute Gasteiger partial charge is 0.336 e. The van der Waals surface area contributed by atoms with Crippen LogP contribution in [0.2, 0.25) is 0 Å². The number of urea groups is 1. The maximum atomic E-state index is 11.5. The third-order valence-electron chi connectivity index (χ3n) is 2.19. The van der Waals surface area contributed by atoms with E-state index in [0.717, 1.165) is 15.4 Å². The van der Waals surface area contributed by atoms with Crippen LogP contribution in [0.5, 0.6) is 0 Å². The number of nitrogens with one attached hydrogen (secondary N) is 2. The predicted octanol–water partition coefficient (Wildman–Crippen LogP) is 2.92. The zero-order valence-electron chi connectivity index (χ0n) is 10.1. The maximum Gasteiger partial charge on any atom is 0.321 e. The van der Waals surface area contributed by atoms with Crippen molar-refractivity contribution in [1.82, 2.24) is 15.3 Å². The zero-order valence-corrected chi connectivity index (χ0v) is 11.7. The molecule has 0 fully saturated rings. The van der Waals surface area contributed by atoms with Crippen LogP contribution in [0.1, 0.15) is 13.8 Å². The number of hydrogen-bond acceptors (Lipinski definition) is 3. The van der Waals surface area contributed by atoms with Crippen molar-refractivity contribution in [1.29, 1.82) is 0 Å². The van der Waals surface area contributed by atoms with Gasteiger partial charge in [0.05, 0.1) is 5.52 Å².